The van der Waals surface area contributed by atoms with Crippen molar-refractivity contribution in [3.63, 3.8) is 0 Å². The average molecular weight is 224 g/mol. The Balaban J connectivity index is 4.29. The summed E-state index contributed by atoms with van der Waals surface area (Å²) >= 11 is 0. The standard InChI is InChI=1S/C15H28O/c1-6-8-11-14(16)15(5,7-2)12-9-10-13(3)4/h10H,6-9,11-12H2,1-5H3/t15-/m1/s1. The lowest BCUT2D eigenvalue weighted by Gasteiger charge is -2.26. The van der Waals surface area contributed by atoms with Crippen molar-refractivity contribution in [3.8, 4) is 0 Å². The van der Waals surface area contributed by atoms with Gasteiger partial charge in [0.15, 0.2) is 0 Å². The van der Waals surface area contributed by atoms with Gasteiger partial charge in [-0.15, -0.1) is 0 Å². The largest absolute Gasteiger partial charge is 0.299 e. The van der Waals surface area contributed by atoms with Crippen molar-refractivity contribution in [1.82, 2.24) is 0 Å². The van der Waals surface area contributed by atoms with Crippen molar-refractivity contribution in [1.29, 1.82) is 0 Å². The molecule has 94 valence electrons. The minimum Gasteiger partial charge on any atom is -0.299 e. The average Bonchev–Trinajstić information content (AvgIpc) is 2.24. The highest BCUT2D eigenvalue weighted by atomic mass is 16.1. The van der Waals surface area contributed by atoms with E-state index < -0.39 is 0 Å². The first-order chi connectivity index (χ1) is 7.46. The predicted octanol–water partition coefficient (Wildman–Crippen LogP) is 4.91. The Hall–Kier alpha value is -0.590. The summed E-state index contributed by atoms with van der Waals surface area (Å²) in [4.78, 5) is 12.1. The summed E-state index contributed by atoms with van der Waals surface area (Å²) in [5.74, 6) is 0.457. The first-order valence-corrected chi connectivity index (χ1v) is 6.63. The van der Waals surface area contributed by atoms with Crippen LogP contribution < -0.4 is 0 Å². The van der Waals surface area contributed by atoms with E-state index in [1.807, 2.05) is 0 Å². The summed E-state index contributed by atoms with van der Waals surface area (Å²) in [5, 5.41) is 0. The fraction of sp³-hybridized carbons (Fsp3) is 0.800. The maximum Gasteiger partial charge on any atom is 0.138 e. The van der Waals surface area contributed by atoms with Crippen LogP contribution in [0.1, 0.15) is 73.1 Å². The van der Waals surface area contributed by atoms with E-state index in [1.54, 1.807) is 0 Å². The molecule has 0 saturated heterocycles. The highest BCUT2D eigenvalue weighted by molar-refractivity contribution is 5.84. The Kier molecular flexibility index (Phi) is 7.36. The smallest absolute Gasteiger partial charge is 0.138 e. The summed E-state index contributed by atoms with van der Waals surface area (Å²) < 4.78 is 0. The van der Waals surface area contributed by atoms with Crippen LogP contribution in [-0.4, -0.2) is 5.78 Å². The molecule has 16 heavy (non-hydrogen) atoms. The van der Waals surface area contributed by atoms with Crippen LogP contribution in [0.4, 0.5) is 0 Å². The zero-order valence-electron chi connectivity index (χ0n) is 11.7. The number of ketones is 1. The minimum atomic E-state index is -0.0961. The fourth-order valence-electron chi connectivity index (χ4n) is 1.83. The number of allylic oxidation sites excluding steroid dienone is 2. The van der Waals surface area contributed by atoms with Gasteiger partial charge >= 0.3 is 0 Å². The lowest BCUT2D eigenvalue weighted by molar-refractivity contribution is -0.128. The topological polar surface area (TPSA) is 17.1 Å². The summed E-state index contributed by atoms with van der Waals surface area (Å²) in [6.45, 7) is 10.6. The number of carbonyl (C=O) groups excluding carboxylic acids is 1. The third-order valence-electron chi connectivity index (χ3n) is 3.46. The molecule has 0 aliphatic rings. The normalized spacial score (nSPS) is 14.3. The maximum atomic E-state index is 12.1. The molecule has 0 aliphatic carbocycles. The summed E-state index contributed by atoms with van der Waals surface area (Å²) in [6, 6.07) is 0. The molecule has 0 radical (unpaired) electrons. The molecule has 0 unspecified atom stereocenters. The van der Waals surface area contributed by atoms with E-state index in [1.165, 1.54) is 5.57 Å². The van der Waals surface area contributed by atoms with Crippen LogP contribution in [0.5, 0.6) is 0 Å². The van der Waals surface area contributed by atoms with E-state index in [9.17, 15) is 4.79 Å². The first-order valence-electron chi connectivity index (χ1n) is 6.63. The van der Waals surface area contributed by atoms with Crippen LogP contribution in [0.3, 0.4) is 0 Å². The van der Waals surface area contributed by atoms with Gasteiger partial charge in [-0.1, -0.05) is 38.8 Å². The van der Waals surface area contributed by atoms with E-state index in [0.717, 1.165) is 38.5 Å². The van der Waals surface area contributed by atoms with Gasteiger partial charge in [0, 0.05) is 11.8 Å². The van der Waals surface area contributed by atoms with Crippen molar-refractivity contribution >= 4 is 5.78 Å². The van der Waals surface area contributed by atoms with Crippen LogP contribution in [0, 0.1) is 5.41 Å². The van der Waals surface area contributed by atoms with Crippen molar-refractivity contribution in [3.05, 3.63) is 11.6 Å². The van der Waals surface area contributed by atoms with Gasteiger partial charge in [0.25, 0.3) is 0 Å². The molecule has 0 aromatic rings. The molecule has 1 nitrogen and oxygen atoms in total. The Bertz CT molecular complexity index is 236. The molecule has 0 rings (SSSR count). The fourth-order valence-corrected chi connectivity index (χ4v) is 1.83. The molecule has 0 aliphatic heterocycles. The number of carbonyl (C=O) groups is 1. The third kappa shape index (κ3) is 5.48. The summed E-state index contributed by atoms with van der Waals surface area (Å²) in [7, 11) is 0. The number of hydrogen-bond acceptors (Lipinski definition) is 1. The molecular weight excluding hydrogens is 196 g/mol. The highest BCUT2D eigenvalue weighted by Crippen LogP contribution is 2.31. The third-order valence-corrected chi connectivity index (χ3v) is 3.46. The zero-order valence-corrected chi connectivity index (χ0v) is 11.7. The molecule has 0 saturated carbocycles. The highest BCUT2D eigenvalue weighted by Gasteiger charge is 2.29. The molecule has 0 aromatic heterocycles. The second-order valence-corrected chi connectivity index (χ2v) is 5.26. The molecule has 0 fully saturated rings. The summed E-state index contributed by atoms with van der Waals surface area (Å²) in [5.41, 5.74) is 1.25. The van der Waals surface area contributed by atoms with Crippen molar-refractivity contribution in [2.45, 2.75) is 73.1 Å². The lowest BCUT2D eigenvalue weighted by Crippen LogP contribution is -2.26. The van der Waals surface area contributed by atoms with Crippen molar-refractivity contribution < 1.29 is 4.79 Å². The Morgan fingerprint density at radius 1 is 1.25 bits per heavy atom. The lowest BCUT2D eigenvalue weighted by atomic mass is 9.77. The minimum absolute atomic E-state index is 0.0961. The maximum absolute atomic E-state index is 12.1. The Morgan fingerprint density at radius 2 is 1.88 bits per heavy atom. The van der Waals surface area contributed by atoms with Crippen molar-refractivity contribution in [2.75, 3.05) is 0 Å². The predicted molar refractivity (Wildman–Crippen MR) is 71.6 cm³/mol. The monoisotopic (exact) mass is 224 g/mol. The van der Waals surface area contributed by atoms with Gasteiger partial charge in [0.05, 0.1) is 0 Å². The molecule has 0 amide bonds. The molecule has 0 aromatic carbocycles. The van der Waals surface area contributed by atoms with Crippen LogP contribution >= 0.6 is 0 Å². The Morgan fingerprint density at radius 3 is 2.31 bits per heavy atom. The van der Waals surface area contributed by atoms with E-state index >= 15 is 0 Å². The van der Waals surface area contributed by atoms with E-state index in [4.69, 9.17) is 0 Å². The number of Topliss-reactive ketones (excluding diaryl/α,β-unsaturated/α-hetero) is 1. The second-order valence-electron chi connectivity index (χ2n) is 5.26. The van der Waals surface area contributed by atoms with E-state index in [-0.39, 0.29) is 5.41 Å². The van der Waals surface area contributed by atoms with Gasteiger partial charge in [-0.2, -0.15) is 0 Å². The van der Waals surface area contributed by atoms with Gasteiger partial charge in [-0.3, -0.25) is 4.79 Å². The van der Waals surface area contributed by atoms with Crippen molar-refractivity contribution in [2.24, 2.45) is 5.41 Å². The second kappa shape index (κ2) is 7.65. The molecule has 0 spiro atoms. The van der Waals surface area contributed by atoms with Gasteiger partial charge in [0.1, 0.15) is 5.78 Å². The molecule has 0 heterocycles. The van der Waals surface area contributed by atoms with Gasteiger partial charge in [-0.05, 0) is 39.5 Å². The van der Waals surface area contributed by atoms with E-state index in [2.05, 4.69) is 40.7 Å². The molecular formula is C15H28O. The van der Waals surface area contributed by atoms with Crippen LogP contribution in [-0.2, 0) is 4.79 Å². The number of unbranched alkanes of at least 4 members (excludes halogenated alkanes) is 1. The quantitative estimate of drug-likeness (QED) is 0.535. The van der Waals surface area contributed by atoms with Crippen LogP contribution in [0.2, 0.25) is 0 Å². The Labute approximate surface area is 101 Å². The summed E-state index contributed by atoms with van der Waals surface area (Å²) in [6.07, 6.45) is 8.14. The van der Waals surface area contributed by atoms with Crippen LogP contribution in [0.15, 0.2) is 11.6 Å². The molecule has 1 heteroatoms. The number of rotatable bonds is 8. The number of hydrogen-bond donors (Lipinski definition) is 0. The first kappa shape index (κ1) is 15.4. The van der Waals surface area contributed by atoms with Gasteiger partial charge < -0.3 is 0 Å². The van der Waals surface area contributed by atoms with Gasteiger partial charge in [0.2, 0.25) is 0 Å². The SMILES string of the molecule is CCCCC(=O)[C@](C)(CC)CCC=C(C)C. The van der Waals surface area contributed by atoms with Crippen LogP contribution in [0.25, 0.3) is 0 Å². The van der Waals surface area contributed by atoms with E-state index in [0.29, 0.717) is 5.78 Å². The van der Waals surface area contributed by atoms with Gasteiger partial charge in [-0.25, -0.2) is 0 Å². The molecule has 0 bridgehead atoms. The zero-order chi connectivity index (χ0) is 12.6. The molecule has 1 atom stereocenters. The molecule has 0 N–H and O–H groups in total.